The topological polar surface area (TPSA) is 46.9 Å². The summed E-state index contributed by atoms with van der Waals surface area (Å²) < 4.78 is 13.3. The SMILES string of the molecule is COc1ccc(N2CCN(CC(=O)c3cc(C)n(CC4CCCO4)c3C)CC2)cc1. The quantitative estimate of drug-likeness (QED) is 0.655. The molecule has 6 heteroatoms. The third kappa shape index (κ3) is 4.55. The van der Waals surface area contributed by atoms with Gasteiger partial charge >= 0.3 is 0 Å². The van der Waals surface area contributed by atoms with Crippen LogP contribution in [0.15, 0.2) is 30.3 Å². The molecule has 1 unspecified atom stereocenters. The van der Waals surface area contributed by atoms with E-state index in [0.29, 0.717) is 6.54 Å². The smallest absolute Gasteiger partial charge is 0.178 e. The van der Waals surface area contributed by atoms with Gasteiger partial charge in [-0.15, -0.1) is 0 Å². The summed E-state index contributed by atoms with van der Waals surface area (Å²) in [6.07, 6.45) is 2.53. The lowest BCUT2D eigenvalue weighted by atomic mass is 10.1. The molecule has 1 atom stereocenters. The molecule has 1 aromatic heterocycles. The number of Topliss-reactive ketones (excluding diaryl/α,β-unsaturated/α-hetero) is 1. The van der Waals surface area contributed by atoms with Crippen LogP contribution in [0.3, 0.4) is 0 Å². The fraction of sp³-hybridized carbons (Fsp3) is 0.542. The van der Waals surface area contributed by atoms with Gasteiger partial charge in [-0.25, -0.2) is 0 Å². The number of anilines is 1. The number of hydrogen-bond acceptors (Lipinski definition) is 5. The van der Waals surface area contributed by atoms with Crippen molar-refractivity contribution in [2.24, 2.45) is 0 Å². The Kier molecular flexibility index (Phi) is 6.44. The average Bonchev–Trinajstić information content (AvgIpc) is 3.38. The lowest BCUT2D eigenvalue weighted by Gasteiger charge is -2.35. The summed E-state index contributed by atoms with van der Waals surface area (Å²) in [5.41, 5.74) is 4.29. The highest BCUT2D eigenvalue weighted by Crippen LogP contribution is 2.22. The molecule has 1 aromatic carbocycles. The first kappa shape index (κ1) is 20.9. The number of methoxy groups -OCH3 is 1. The maximum Gasteiger partial charge on any atom is 0.178 e. The third-order valence-corrected chi connectivity index (χ3v) is 6.46. The zero-order chi connectivity index (χ0) is 21.1. The van der Waals surface area contributed by atoms with Crippen LogP contribution in [-0.2, 0) is 11.3 Å². The van der Waals surface area contributed by atoms with Crippen LogP contribution in [-0.4, -0.2) is 67.8 Å². The summed E-state index contributed by atoms with van der Waals surface area (Å²) in [7, 11) is 1.69. The Balaban J connectivity index is 1.33. The standard InChI is InChI=1S/C24H33N3O3/c1-18-15-23(19(2)27(18)16-22-5-4-14-30-22)24(28)17-25-10-12-26(13-11-25)20-6-8-21(29-3)9-7-20/h6-9,15,22H,4-5,10-14,16-17H2,1-3H3. The first-order chi connectivity index (χ1) is 14.5. The predicted molar refractivity (Wildman–Crippen MR) is 119 cm³/mol. The molecule has 3 heterocycles. The molecule has 0 spiro atoms. The first-order valence-electron chi connectivity index (χ1n) is 11.0. The molecule has 0 radical (unpaired) electrons. The van der Waals surface area contributed by atoms with Gasteiger partial charge < -0.3 is 18.9 Å². The van der Waals surface area contributed by atoms with E-state index >= 15 is 0 Å². The molecule has 30 heavy (non-hydrogen) atoms. The van der Waals surface area contributed by atoms with Crippen LogP contribution < -0.4 is 9.64 Å². The van der Waals surface area contributed by atoms with Crippen LogP contribution in [0.2, 0.25) is 0 Å². The highest BCUT2D eigenvalue weighted by molar-refractivity contribution is 5.99. The molecule has 4 rings (SSSR count). The van der Waals surface area contributed by atoms with Crippen LogP contribution in [0.5, 0.6) is 5.75 Å². The number of carbonyl (C=O) groups is 1. The average molecular weight is 412 g/mol. The predicted octanol–water partition coefficient (Wildman–Crippen LogP) is 3.30. The second-order valence-corrected chi connectivity index (χ2v) is 8.41. The number of rotatable bonds is 7. The Bertz CT molecular complexity index is 861. The Morgan fingerprint density at radius 1 is 1.13 bits per heavy atom. The lowest BCUT2D eigenvalue weighted by Crippen LogP contribution is -2.48. The zero-order valence-electron chi connectivity index (χ0n) is 18.4. The van der Waals surface area contributed by atoms with Gasteiger partial charge in [-0.2, -0.15) is 0 Å². The van der Waals surface area contributed by atoms with Crippen LogP contribution in [0.1, 0.15) is 34.6 Å². The number of benzene rings is 1. The number of aromatic nitrogens is 1. The van der Waals surface area contributed by atoms with Gasteiger partial charge in [0.25, 0.3) is 0 Å². The molecule has 2 aliphatic rings. The fourth-order valence-electron chi connectivity index (χ4n) is 4.60. The van der Waals surface area contributed by atoms with E-state index in [9.17, 15) is 4.79 Å². The first-order valence-corrected chi connectivity index (χ1v) is 11.0. The maximum atomic E-state index is 13.0. The number of aryl methyl sites for hydroxylation is 1. The normalized spacial score (nSPS) is 20.0. The maximum absolute atomic E-state index is 13.0. The lowest BCUT2D eigenvalue weighted by molar-refractivity contribution is 0.0918. The molecule has 2 aliphatic heterocycles. The van der Waals surface area contributed by atoms with Gasteiger partial charge in [0.2, 0.25) is 0 Å². The second kappa shape index (κ2) is 9.23. The Morgan fingerprint density at radius 3 is 2.50 bits per heavy atom. The van der Waals surface area contributed by atoms with E-state index in [0.717, 1.165) is 74.9 Å². The number of piperazine rings is 1. The zero-order valence-corrected chi connectivity index (χ0v) is 18.4. The van der Waals surface area contributed by atoms with Crippen molar-refractivity contribution in [3.05, 3.63) is 47.3 Å². The van der Waals surface area contributed by atoms with Crippen molar-refractivity contribution in [2.45, 2.75) is 39.3 Å². The molecular formula is C24H33N3O3. The summed E-state index contributed by atoms with van der Waals surface area (Å²) in [6.45, 7) is 10.0. The van der Waals surface area contributed by atoms with E-state index in [2.05, 4.69) is 46.4 Å². The molecule has 0 saturated carbocycles. The highest BCUT2D eigenvalue weighted by atomic mass is 16.5. The summed E-state index contributed by atoms with van der Waals surface area (Å²) in [5, 5.41) is 0. The number of ether oxygens (including phenoxy) is 2. The van der Waals surface area contributed by atoms with E-state index < -0.39 is 0 Å². The third-order valence-electron chi connectivity index (χ3n) is 6.46. The van der Waals surface area contributed by atoms with E-state index in [1.165, 1.54) is 5.69 Å². The molecule has 0 aliphatic carbocycles. The van der Waals surface area contributed by atoms with Crippen molar-refractivity contribution in [3.8, 4) is 5.75 Å². The van der Waals surface area contributed by atoms with Gasteiger partial charge in [-0.05, 0) is 57.0 Å². The van der Waals surface area contributed by atoms with Crippen molar-refractivity contribution in [3.63, 3.8) is 0 Å². The van der Waals surface area contributed by atoms with Crippen molar-refractivity contribution < 1.29 is 14.3 Å². The molecule has 0 N–H and O–H groups in total. The van der Waals surface area contributed by atoms with Crippen LogP contribution in [0.25, 0.3) is 0 Å². The van der Waals surface area contributed by atoms with Gasteiger partial charge in [-0.3, -0.25) is 9.69 Å². The molecule has 6 nitrogen and oxygen atoms in total. The van der Waals surface area contributed by atoms with Gasteiger partial charge in [0, 0.05) is 62.0 Å². The minimum Gasteiger partial charge on any atom is -0.497 e. The number of nitrogens with zero attached hydrogens (tertiary/aromatic N) is 3. The Hall–Kier alpha value is -2.31. The summed E-state index contributed by atoms with van der Waals surface area (Å²) in [6, 6.07) is 10.3. The van der Waals surface area contributed by atoms with Crippen LogP contribution in [0, 0.1) is 13.8 Å². The molecule has 2 fully saturated rings. The minimum absolute atomic E-state index is 0.222. The van der Waals surface area contributed by atoms with Crippen molar-refractivity contribution in [1.29, 1.82) is 0 Å². The number of carbonyl (C=O) groups excluding carboxylic acids is 1. The van der Waals surface area contributed by atoms with E-state index in [1.54, 1.807) is 7.11 Å². The summed E-state index contributed by atoms with van der Waals surface area (Å²) >= 11 is 0. The summed E-state index contributed by atoms with van der Waals surface area (Å²) in [4.78, 5) is 17.7. The van der Waals surface area contributed by atoms with E-state index in [1.807, 2.05) is 12.1 Å². The molecule has 0 amide bonds. The largest absolute Gasteiger partial charge is 0.497 e. The molecule has 0 bridgehead atoms. The van der Waals surface area contributed by atoms with Gasteiger partial charge in [0.15, 0.2) is 5.78 Å². The second-order valence-electron chi connectivity index (χ2n) is 8.41. The van der Waals surface area contributed by atoms with Crippen LogP contribution in [0.4, 0.5) is 5.69 Å². The number of hydrogen-bond donors (Lipinski definition) is 0. The van der Waals surface area contributed by atoms with Gasteiger partial charge in [-0.1, -0.05) is 0 Å². The van der Waals surface area contributed by atoms with Crippen molar-refractivity contribution in [1.82, 2.24) is 9.47 Å². The van der Waals surface area contributed by atoms with E-state index in [-0.39, 0.29) is 11.9 Å². The van der Waals surface area contributed by atoms with Crippen molar-refractivity contribution in [2.75, 3.05) is 51.3 Å². The molecular weight excluding hydrogens is 378 g/mol. The summed E-state index contributed by atoms with van der Waals surface area (Å²) in [5.74, 6) is 1.10. The number of ketones is 1. The van der Waals surface area contributed by atoms with E-state index in [4.69, 9.17) is 9.47 Å². The van der Waals surface area contributed by atoms with Crippen LogP contribution >= 0.6 is 0 Å². The fourth-order valence-corrected chi connectivity index (χ4v) is 4.60. The van der Waals surface area contributed by atoms with Gasteiger partial charge in [0.1, 0.15) is 5.75 Å². The molecule has 2 aromatic rings. The molecule has 2 saturated heterocycles. The monoisotopic (exact) mass is 411 g/mol. The molecule has 162 valence electrons. The Labute approximate surface area is 179 Å². The van der Waals surface area contributed by atoms with Crippen molar-refractivity contribution >= 4 is 11.5 Å². The minimum atomic E-state index is 0.222. The Morgan fingerprint density at radius 2 is 1.87 bits per heavy atom. The highest BCUT2D eigenvalue weighted by Gasteiger charge is 2.24. The van der Waals surface area contributed by atoms with Gasteiger partial charge in [0.05, 0.1) is 19.8 Å².